The Morgan fingerprint density at radius 3 is 2.06 bits per heavy atom. The van der Waals surface area contributed by atoms with Gasteiger partial charge in [0.2, 0.25) is 0 Å². The fourth-order valence-corrected chi connectivity index (χ4v) is 5.01. The molecular formula is C26H29ClN4O3S. The molecular weight excluding hydrogens is 484 g/mol. The fourth-order valence-electron chi connectivity index (χ4n) is 3.46. The van der Waals surface area contributed by atoms with Gasteiger partial charge in [0.05, 0.1) is 16.8 Å². The molecule has 0 fully saturated rings. The van der Waals surface area contributed by atoms with Gasteiger partial charge in [0.1, 0.15) is 6.54 Å². The quantitative estimate of drug-likeness (QED) is 0.311. The van der Waals surface area contributed by atoms with Crippen molar-refractivity contribution in [3.63, 3.8) is 0 Å². The van der Waals surface area contributed by atoms with E-state index in [0.717, 1.165) is 34.2 Å². The minimum absolute atomic E-state index is 0.0343. The number of anilines is 2. The number of halogens is 1. The zero-order chi connectivity index (χ0) is 25.4. The molecule has 0 aromatic heterocycles. The predicted octanol–water partition coefficient (Wildman–Crippen LogP) is 4.84. The smallest absolute Gasteiger partial charge is 0.264 e. The predicted molar refractivity (Wildman–Crippen MR) is 143 cm³/mol. The summed E-state index contributed by atoms with van der Waals surface area (Å²) in [6, 6.07) is 20.5. The van der Waals surface area contributed by atoms with Gasteiger partial charge in [-0.15, -0.1) is 0 Å². The van der Waals surface area contributed by atoms with E-state index in [4.69, 9.17) is 11.6 Å². The highest BCUT2D eigenvalue weighted by molar-refractivity contribution is 7.92. The van der Waals surface area contributed by atoms with Crippen LogP contribution in [-0.4, -0.2) is 40.2 Å². The van der Waals surface area contributed by atoms with Gasteiger partial charge >= 0.3 is 0 Å². The number of carbonyl (C=O) groups excluding carboxylic acids is 1. The molecule has 3 aromatic rings. The molecule has 184 valence electrons. The number of rotatable bonds is 10. The number of hydrogen-bond donors (Lipinski definition) is 1. The lowest BCUT2D eigenvalue weighted by molar-refractivity contribution is -0.119. The van der Waals surface area contributed by atoms with Crippen LogP contribution in [0.5, 0.6) is 0 Å². The summed E-state index contributed by atoms with van der Waals surface area (Å²) in [5.41, 5.74) is 5.69. The van der Waals surface area contributed by atoms with Gasteiger partial charge in [-0.1, -0.05) is 41.4 Å². The maximum absolute atomic E-state index is 13.4. The molecule has 0 radical (unpaired) electrons. The molecule has 1 amide bonds. The molecule has 35 heavy (non-hydrogen) atoms. The first kappa shape index (κ1) is 26.2. The van der Waals surface area contributed by atoms with Crippen LogP contribution in [0.15, 0.2) is 82.8 Å². The molecule has 0 saturated carbocycles. The zero-order valence-electron chi connectivity index (χ0n) is 20.0. The van der Waals surface area contributed by atoms with E-state index in [1.165, 1.54) is 30.5 Å². The number of benzene rings is 3. The minimum atomic E-state index is -4.02. The number of hydrogen-bond acceptors (Lipinski definition) is 5. The van der Waals surface area contributed by atoms with Crippen LogP contribution >= 0.6 is 11.6 Å². The monoisotopic (exact) mass is 512 g/mol. The van der Waals surface area contributed by atoms with Crippen molar-refractivity contribution in [1.82, 2.24) is 5.43 Å². The first-order chi connectivity index (χ1) is 16.7. The largest absolute Gasteiger partial charge is 0.372 e. The van der Waals surface area contributed by atoms with Gasteiger partial charge in [-0.25, -0.2) is 13.8 Å². The first-order valence-electron chi connectivity index (χ1n) is 11.3. The average Bonchev–Trinajstić information content (AvgIpc) is 2.85. The number of sulfonamides is 1. The molecule has 0 spiro atoms. The zero-order valence-corrected chi connectivity index (χ0v) is 21.6. The average molecular weight is 513 g/mol. The number of aryl methyl sites for hydroxylation is 1. The fraction of sp³-hybridized carbons (Fsp3) is 0.231. The molecule has 1 N–H and O–H groups in total. The Balaban J connectivity index is 1.75. The maximum atomic E-state index is 13.4. The summed E-state index contributed by atoms with van der Waals surface area (Å²) < 4.78 is 27.8. The van der Waals surface area contributed by atoms with Crippen LogP contribution in [0, 0.1) is 6.92 Å². The normalized spacial score (nSPS) is 11.4. The Morgan fingerprint density at radius 1 is 0.914 bits per heavy atom. The van der Waals surface area contributed by atoms with Crippen LogP contribution in [0.25, 0.3) is 0 Å². The molecule has 0 unspecified atom stereocenters. The SMILES string of the molecule is CCN(CC)c1ccc(/C=N\NC(=O)CN(c2ccc(C)cc2)S(=O)(=O)c2ccc(Cl)cc2)cc1. The Morgan fingerprint density at radius 2 is 1.49 bits per heavy atom. The van der Waals surface area contributed by atoms with Crippen molar-refractivity contribution in [2.24, 2.45) is 5.10 Å². The maximum Gasteiger partial charge on any atom is 0.264 e. The molecule has 0 aliphatic carbocycles. The van der Waals surface area contributed by atoms with Crippen LogP contribution in [0.4, 0.5) is 11.4 Å². The third kappa shape index (κ3) is 6.83. The molecule has 3 rings (SSSR count). The van der Waals surface area contributed by atoms with Crippen LogP contribution in [0.1, 0.15) is 25.0 Å². The molecule has 9 heteroatoms. The summed E-state index contributed by atoms with van der Waals surface area (Å²) in [5.74, 6) is -0.570. The van der Waals surface area contributed by atoms with Crippen molar-refractivity contribution in [2.45, 2.75) is 25.7 Å². The Labute approximate surface area is 212 Å². The van der Waals surface area contributed by atoms with E-state index in [-0.39, 0.29) is 4.90 Å². The molecule has 0 saturated heterocycles. The van der Waals surface area contributed by atoms with Crippen molar-refractivity contribution < 1.29 is 13.2 Å². The number of carbonyl (C=O) groups is 1. The van der Waals surface area contributed by atoms with E-state index in [0.29, 0.717) is 10.7 Å². The van der Waals surface area contributed by atoms with E-state index in [9.17, 15) is 13.2 Å². The van der Waals surface area contributed by atoms with Gasteiger partial charge in [0.15, 0.2) is 0 Å². The molecule has 0 bridgehead atoms. The Hall–Kier alpha value is -3.36. The topological polar surface area (TPSA) is 82.1 Å². The standard InChI is InChI=1S/C26H29ClN4O3S/c1-4-30(5-2)23-14-8-21(9-15-23)18-28-29-26(32)19-31(24-12-6-20(3)7-13-24)35(33,34)25-16-10-22(27)11-17-25/h6-18H,4-5,19H2,1-3H3,(H,29,32)/b28-18-. The summed E-state index contributed by atoms with van der Waals surface area (Å²) in [6.45, 7) is 7.49. The lowest BCUT2D eigenvalue weighted by Crippen LogP contribution is -2.39. The molecule has 0 aliphatic heterocycles. The highest BCUT2D eigenvalue weighted by atomic mass is 35.5. The first-order valence-corrected chi connectivity index (χ1v) is 13.1. The van der Waals surface area contributed by atoms with Crippen molar-refractivity contribution in [1.29, 1.82) is 0 Å². The molecule has 7 nitrogen and oxygen atoms in total. The van der Waals surface area contributed by atoms with E-state index in [2.05, 4.69) is 29.3 Å². The molecule has 3 aromatic carbocycles. The van der Waals surface area contributed by atoms with Crippen LogP contribution in [0.3, 0.4) is 0 Å². The van der Waals surface area contributed by atoms with Gasteiger partial charge in [-0.3, -0.25) is 9.10 Å². The summed E-state index contributed by atoms with van der Waals surface area (Å²) in [5, 5.41) is 4.43. The minimum Gasteiger partial charge on any atom is -0.372 e. The van der Waals surface area contributed by atoms with Crippen LogP contribution in [0.2, 0.25) is 5.02 Å². The van der Waals surface area contributed by atoms with Crippen molar-refractivity contribution >= 4 is 45.1 Å². The molecule has 0 aliphatic rings. The molecule has 0 atom stereocenters. The van der Waals surface area contributed by atoms with Gasteiger partial charge in [-0.2, -0.15) is 5.10 Å². The lowest BCUT2D eigenvalue weighted by Gasteiger charge is -2.24. The summed E-state index contributed by atoms with van der Waals surface area (Å²) in [6.07, 6.45) is 1.52. The number of amides is 1. The van der Waals surface area contributed by atoms with Gasteiger partial charge in [0, 0.05) is 23.8 Å². The van der Waals surface area contributed by atoms with Crippen LogP contribution in [-0.2, 0) is 14.8 Å². The number of nitrogens with one attached hydrogen (secondary N) is 1. The second-order valence-corrected chi connectivity index (χ2v) is 10.2. The van der Waals surface area contributed by atoms with E-state index < -0.39 is 22.5 Å². The number of hydrazone groups is 1. The Bertz CT molecular complexity index is 1260. The third-order valence-corrected chi connectivity index (χ3v) is 7.48. The number of nitrogens with zero attached hydrogens (tertiary/aromatic N) is 3. The van der Waals surface area contributed by atoms with Gasteiger partial charge in [-0.05, 0) is 74.9 Å². The molecule has 0 heterocycles. The Kier molecular flexibility index (Phi) is 8.89. The highest BCUT2D eigenvalue weighted by Gasteiger charge is 2.27. The van der Waals surface area contributed by atoms with Crippen LogP contribution < -0.4 is 14.6 Å². The van der Waals surface area contributed by atoms with Crippen molar-refractivity contribution in [2.75, 3.05) is 28.8 Å². The lowest BCUT2D eigenvalue weighted by atomic mass is 10.2. The van der Waals surface area contributed by atoms with Crippen molar-refractivity contribution in [3.8, 4) is 0 Å². The summed E-state index contributed by atoms with van der Waals surface area (Å²) in [7, 11) is -4.02. The van der Waals surface area contributed by atoms with E-state index >= 15 is 0 Å². The van der Waals surface area contributed by atoms with Gasteiger partial charge < -0.3 is 4.90 Å². The summed E-state index contributed by atoms with van der Waals surface area (Å²) >= 11 is 5.92. The highest BCUT2D eigenvalue weighted by Crippen LogP contribution is 2.25. The second-order valence-electron chi connectivity index (χ2n) is 7.86. The summed E-state index contributed by atoms with van der Waals surface area (Å²) in [4.78, 5) is 14.9. The second kappa shape index (κ2) is 11.9. The van der Waals surface area contributed by atoms with Gasteiger partial charge in [0.25, 0.3) is 15.9 Å². The van der Waals surface area contributed by atoms with Crippen molar-refractivity contribution in [3.05, 3.63) is 88.9 Å². The van der Waals surface area contributed by atoms with E-state index in [1.54, 1.807) is 24.3 Å². The van der Waals surface area contributed by atoms with E-state index in [1.807, 2.05) is 31.2 Å². The third-order valence-electron chi connectivity index (χ3n) is 5.44.